The van der Waals surface area contributed by atoms with Gasteiger partial charge in [-0.2, -0.15) is 0 Å². The van der Waals surface area contributed by atoms with Gasteiger partial charge in [0.25, 0.3) is 0 Å². The molecule has 2 aliphatic rings. The molecule has 140 valence electrons. The largest absolute Gasteiger partial charge is 0.373 e. The number of aromatic nitrogens is 2. The van der Waals surface area contributed by atoms with Gasteiger partial charge in [0.2, 0.25) is 0 Å². The van der Waals surface area contributed by atoms with Crippen molar-refractivity contribution in [3.8, 4) is 11.1 Å². The first-order valence-electron chi connectivity index (χ1n) is 9.69. The predicted octanol–water partition coefficient (Wildman–Crippen LogP) is 3.94. The molecule has 3 aromatic rings. The third kappa shape index (κ3) is 3.33. The molecule has 0 aliphatic carbocycles. The lowest BCUT2D eigenvalue weighted by molar-refractivity contribution is -0.0415. The Balaban J connectivity index is 1.41. The SMILES string of the molecule is Cc1nc(NCC2CN3CCCC3CO2)c2c(-c3ccccc3)csc2n1. The van der Waals surface area contributed by atoms with Gasteiger partial charge in [-0.25, -0.2) is 9.97 Å². The summed E-state index contributed by atoms with van der Waals surface area (Å²) in [5.74, 6) is 1.72. The number of hydrogen-bond acceptors (Lipinski definition) is 6. The van der Waals surface area contributed by atoms with Crippen LogP contribution < -0.4 is 5.32 Å². The maximum atomic E-state index is 6.11. The molecule has 2 saturated heterocycles. The zero-order chi connectivity index (χ0) is 18.2. The lowest BCUT2D eigenvalue weighted by Crippen LogP contribution is -2.48. The van der Waals surface area contributed by atoms with Gasteiger partial charge in [-0.1, -0.05) is 30.3 Å². The zero-order valence-electron chi connectivity index (χ0n) is 15.5. The molecule has 1 aromatic carbocycles. The van der Waals surface area contributed by atoms with Gasteiger partial charge in [-0.05, 0) is 31.9 Å². The molecule has 0 saturated carbocycles. The maximum absolute atomic E-state index is 6.11. The smallest absolute Gasteiger partial charge is 0.139 e. The van der Waals surface area contributed by atoms with Crippen molar-refractivity contribution in [2.45, 2.75) is 31.9 Å². The first-order valence-corrected chi connectivity index (χ1v) is 10.6. The Bertz CT molecular complexity index is 942. The van der Waals surface area contributed by atoms with Crippen LogP contribution in [0.2, 0.25) is 0 Å². The first-order chi connectivity index (χ1) is 13.3. The Labute approximate surface area is 163 Å². The van der Waals surface area contributed by atoms with Crippen molar-refractivity contribution in [2.75, 3.05) is 31.6 Å². The molecule has 2 unspecified atom stereocenters. The van der Waals surface area contributed by atoms with Gasteiger partial charge >= 0.3 is 0 Å². The summed E-state index contributed by atoms with van der Waals surface area (Å²) < 4.78 is 6.11. The van der Waals surface area contributed by atoms with Gasteiger partial charge in [0.1, 0.15) is 16.5 Å². The molecule has 1 N–H and O–H groups in total. The van der Waals surface area contributed by atoms with Crippen LogP contribution in [0.5, 0.6) is 0 Å². The summed E-state index contributed by atoms with van der Waals surface area (Å²) in [6, 6.07) is 11.1. The van der Waals surface area contributed by atoms with Crippen LogP contribution in [0.25, 0.3) is 21.3 Å². The Morgan fingerprint density at radius 2 is 2.15 bits per heavy atom. The summed E-state index contributed by atoms with van der Waals surface area (Å²) >= 11 is 1.68. The molecule has 4 heterocycles. The molecular weight excluding hydrogens is 356 g/mol. The highest BCUT2D eigenvalue weighted by molar-refractivity contribution is 7.17. The third-order valence-electron chi connectivity index (χ3n) is 5.59. The van der Waals surface area contributed by atoms with Crippen molar-refractivity contribution < 1.29 is 4.74 Å². The average molecular weight is 381 g/mol. The van der Waals surface area contributed by atoms with E-state index < -0.39 is 0 Å². The van der Waals surface area contributed by atoms with E-state index in [9.17, 15) is 0 Å². The highest BCUT2D eigenvalue weighted by atomic mass is 32.1. The van der Waals surface area contributed by atoms with E-state index in [1.807, 2.05) is 13.0 Å². The fourth-order valence-electron chi connectivity index (χ4n) is 4.23. The van der Waals surface area contributed by atoms with Crippen LogP contribution in [0.1, 0.15) is 18.7 Å². The standard InChI is InChI=1S/C21H24N4OS/c1-14-23-20(22-10-17-11-25-9-5-8-16(25)12-26-17)19-18(13-27-21(19)24-14)15-6-3-2-4-7-15/h2-4,6-7,13,16-17H,5,8-12H2,1H3,(H,22,23,24). The molecule has 5 rings (SSSR count). The van der Waals surface area contributed by atoms with Crippen molar-refractivity contribution in [2.24, 2.45) is 0 Å². The molecule has 0 bridgehead atoms. The number of nitrogens with one attached hydrogen (secondary N) is 1. The van der Waals surface area contributed by atoms with E-state index in [1.165, 1.54) is 30.5 Å². The zero-order valence-corrected chi connectivity index (χ0v) is 16.3. The summed E-state index contributed by atoms with van der Waals surface area (Å²) in [6.45, 7) is 5.82. The van der Waals surface area contributed by atoms with E-state index in [0.717, 1.165) is 41.6 Å². The molecule has 0 spiro atoms. The third-order valence-corrected chi connectivity index (χ3v) is 6.46. The molecular formula is C21H24N4OS. The van der Waals surface area contributed by atoms with Crippen molar-refractivity contribution >= 4 is 27.4 Å². The monoisotopic (exact) mass is 380 g/mol. The molecule has 0 amide bonds. The number of aryl methyl sites for hydroxylation is 1. The summed E-state index contributed by atoms with van der Waals surface area (Å²) in [6.07, 6.45) is 2.79. The number of nitrogens with zero attached hydrogens (tertiary/aromatic N) is 3. The topological polar surface area (TPSA) is 50.3 Å². The molecule has 0 radical (unpaired) electrons. The van der Waals surface area contributed by atoms with Crippen LogP contribution in [0.4, 0.5) is 5.82 Å². The maximum Gasteiger partial charge on any atom is 0.139 e. The van der Waals surface area contributed by atoms with E-state index in [-0.39, 0.29) is 6.10 Å². The minimum Gasteiger partial charge on any atom is -0.373 e. The molecule has 6 heteroatoms. The van der Waals surface area contributed by atoms with Crippen LogP contribution >= 0.6 is 11.3 Å². The fourth-order valence-corrected chi connectivity index (χ4v) is 5.22. The fraction of sp³-hybridized carbons (Fsp3) is 0.429. The molecule has 27 heavy (non-hydrogen) atoms. The van der Waals surface area contributed by atoms with Crippen molar-refractivity contribution in [3.05, 3.63) is 41.5 Å². The lowest BCUT2D eigenvalue weighted by atomic mass is 10.1. The number of benzene rings is 1. The Kier molecular flexibility index (Phi) is 4.55. The second kappa shape index (κ2) is 7.19. The normalized spacial score (nSPS) is 22.9. The van der Waals surface area contributed by atoms with Gasteiger partial charge in [-0.3, -0.25) is 4.90 Å². The van der Waals surface area contributed by atoms with E-state index >= 15 is 0 Å². The van der Waals surface area contributed by atoms with E-state index in [4.69, 9.17) is 9.72 Å². The van der Waals surface area contributed by atoms with Gasteiger partial charge < -0.3 is 10.1 Å². The first kappa shape index (κ1) is 17.1. The number of rotatable bonds is 4. The lowest BCUT2D eigenvalue weighted by Gasteiger charge is -2.35. The minimum atomic E-state index is 0.212. The summed E-state index contributed by atoms with van der Waals surface area (Å²) in [5.41, 5.74) is 2.40. The Morgan fingerprint density at radius 3 is 3.04 bits per heavy atom. The second-order valence-corrected chi connectivity index (χ2v) is 8.30. The Morgan fingerprint density at radius 1 is 1.26 bits per heavy atom. The van der Waals surface area contributed by atoms with Crippen molar-refractivity contribution in [3.63, 3.8) is 0 Å². The molecule has 2 fully saturated rings. The Hall–Kier alpha value is -2.02. The van der Waals surface area contributed by atoms with Gasteiger partial charge in [0, 0.05) is 30.1 Å². The number of hydrogen-bond donors (Lipinski definition) is 1. The van der Waals surface area contributed by atoms with E-state index in [0.29, 0.717) is 6.04 Å². The van der Waals surface area contributed by atoms with Gasteiger partial charge in [0.15, 0.2) is 0 Å². The molecule has 2 atom stereocenters. The van der Waals surface area contributed by atoms with Crippen LogP contribution in [0.3, 0.4) is 0 Å². The molecule has 2 aromatic heterocycles. The quantitative estimate of drug-likeness (QED) is 0.743. The van der Waals surface area contributed by atoms with Gasteiger partial charge in [-0.15, -0.1) is 11.3 Å². The van der Waals surface area contributed by atoms with Gasteiger partial charge in [0.05, 0.1) is 18.1 Å². The number of fused-ring (bicyclic) bond motifs is 2. The van der Waals surface area contributed by atoms with Crippen LogP contribution in [-0.4, -0.2) is 53.3 Å². The number of anilines is 1. The molecule has 5 nitrogen and oxygen atoms in total. The number of thiophene rings is 1. The predicted molar refractivity (Wildman–Crippen MR) is 110 cm³/mol. The summed E-state index contributed by atoms with van der Waals surface area (Å²) in [7, 11) is 0. The highest BCUT2D eigenvalue weighted by Gasteiger charge is 2.32. The average Bonchev–Trinajstić information content (AvgIpc) is 3.33. The van der Waals surface area contributed by atoms with Crippen molar-refractivity contribution in [1.82, 2.24) is 14.9 Å². The van der Waals surface area contributed by atoms with Crippen LogP contribution in [0.15, 0.2) is 35.7 Å². The van der Waals surface area contributed by atoms with E-state index in [2.05, 4.69) is 44.8 Å². The minimum absolute atomic E-state index is 0.212. The van der Waals surface area contributed by atoms with Crippen molar-refractivity contribution in [1.29, 1.82) is 0 Å². The number of morpholine rings is 1. The summed E-state index contributed by atoms with van der Waals surface area (Å²) in [5, 5.41) is 6.88. The number of ether oxygens (including phenoxy) is 1. The van der Waals surface area contributed by atoms with Crippen LogP contribution in [0, 0.1) is 6.92 Å². The molecule has 2 aliphatic heterocycles. The summed E-state index contributed by atoms with van der Waals surface area (Å²) in [4.78, 5) is 13.0. The second-order valence-electron chi connectivity index (χ2n) is 7.44. The van der Waals surface area contributed by atoms with Crippen LogP contribution in [-0.2, 0) is 4.74 Å². The highest BCUT2D eigenvalue weighted by Crippen LogP contribution is 2.37. The van der Waals surface area contributed by atoms with E-state index in [1.54, 1.807) is 11.3 Å².